The molecular formula is C18H28O3Si. The lowest BCUT2D eigenvalue weighted by atomic mass is 9.91. The first-order valence-corrected chi connectivity index (χ1v) is 11.0. The van der Waals surface area contributed by atoms with Gasteiger partial charge < -0.3 is 9.53 Å². The molecule has 0 aromatic heterocycles. The van der Waals surface area contributed by atoms with Gasteiger partial charge in [-0.2, -0.15) is 0 Å². The van der Waals surface area contributed by atoms with Crippen molar-refractivity contribution in [3.05, 3.63) is 29.8 Å². The van der Waals surface area contributed by atoms with E-state index in [9.17, 15) is 4.79 Å². The highest BCUT2D eigenvalue weighted by molar-refractivity contribution is 6.74. The number of carboxylic acid groups (broad SMARTS) is 1. The van der Waals surface area contributed by atoms with Gasteiger partial charge >= 0.3 is 5.97 Å². The molecule has 0 amide bonds. The lowest BCUT2D eigenvalue weighted by Crippen LogP contribution is -2.43. The van der Waals surface area contributed by atoms with Gasteiger partial charge in [0.1, 0.15) is 5.75 Å². The second-order valence-corrected chi connectivity index (χ2v) is 12.7. The van der Waals surface area contributed by atoms with Crippen molar-refractivity contribution in [3.8, 4) is 5.75 Å². The summed E-state index contributed by atoms with van der Waals surface area (Å²) >= 11 is 0. The lowest BCUT2D eigenvalue weighted by Gasteiger charge is -2.36. The van der Waals surface area contributed by atoms with Crippen molar-refractivity contribution >= 4 is 14.3 Å². The predicted molar refractivity (Wildman–Crippen MR) is 92.0 cm³/mol. The van der Waals surface area contributed by atoms with Crippen LogP contribution in [-0.4, -0.2) is 19.4 Å². The Morgan fingerprint density at radius 2 is 1.82 bits per heavy atom. The molecule has 0 saturated heterocycles. The number of carbonyl (C=O) groups is 1. The number of aliphatic carboxylic acids is 1. The largest absolute Gasteiger partial charge is 0.544 e. The van der Waals surface area contributed by atoms with E-state index in [0.717, 1.165) is 24.2 Å². The van der Waals surface area contributed by atoms with Gasteiger partial charge in [0, 0.05) is 0 Å². The van der Waals surface area contributed by atoms with Crippen LogP contribution in [0.4, 0.5) is 0 Å². The molecule has 22 heavy (non-hydrogen) atoms. The van der Waals surface area contributed by atoms with Crippen molar-refractivity contribution in [2.45, 2.75) is 64.1 Å². The minimum Gasteiger partial charge on any atom is -0.544 e. The third-order valence-electron chi connectivity index (χ3n) is 5.07. The minimum absolute atomic E-state index is 0.152. The van der Waals surface area contributed by atoms with E-state index in [1.54, 1.807) is 0 Å². The van der Waals surface area contributed by atoms with E-state index in [2.05, 4.69) is 46.0 Å². The molecule has 1 aliphatic rings. The fraction of sp³-hybridized carbons (Fsp3) is 0.611. The molecule has 0 aliphatic heterocycles. The number of carboxylic acids is 1. The highest BCUT2D eigenvalue weighted by Crippen LogP contribution is 2.45. The van der Waals surface area contributed by atoms with Crippen molar-refractivity contribution in [1.29, 1.82) is 0 Å². The highest BCUT2D eigenvalue weighted by atomic mass is 28.4. The van der Waals surface area contributed by atoms with Gasteiger partial charge in [0.05, 0.1) is 6.42 Å². The molecule has 122 valence electrons. The van der Waals surface area contributed by atoms with Gasteiger partial charge in [-0.05, 0) is 60.5 Å². The first-order chi connectivity index (χ1) is 10.1. The van der Waals surface area contributed by atoms with E-state index < -0.39 is 14.3 Å². The third kappa shape index (κ3) is 4.13. The van der Waals surface area contributed by atoms with Crippen LogP contribution in [0.5, 0.6) is 5.75 Å². The molecule has 1 fully saturated rings. The lowest BCUT2D eigenvalue weighted by molar-refractivity contribution is -0.137. The summed E-state index contributed by atoms with van der Waals surface area (Å²) in [4.78, 5) is 11.1. The van der Waals surface area contributed by atoms with Gasteiger partial charge in [0.15, 0.2) is 0 Å². The molecule has 1 aromatic rings. The van der Waals surface area contributed by atoms with E-state index in [1.165, 1.54) is 0 Å². The van der Waals surface area contributed by atoms with Gasteiger partial charge in [0.2, 0.25) is 8.32 Å². The summed E-state index contributed by atoms with van der Waals surface area (Å²) in [6.07, 6.45) is 2.54. The molecule has 0 radical (unpaired) electrons. The molecule has 1 aliphatic carbocycles. The Labute approximate surface area is 134 Å². The van der Waals surface area contributed by atoms with Crippen LogP contribution in [0, 0.1) is 5.92 Å². The standard InChI is InChI=1S/C18H28O3Si/c1-18(2,3)22(4,5)21-15-10-8-14(9-11-15)16(12-17(19)20)13-6-7-13/h8-11,13,16H,6-7,12H2,1-5H3,(H,19,20). The van der Waals surface area contributed by atoms with Crippen LogP contribution in [-0.2, 0) is 4.79 Å². The fourth-order valence-electron chi connectivity index (χ4n) is 2.47. The summed E-state index contributed by atoms with van der Waals surface area (Å²) < 4.78 is 6.28. The Balaban J connectivity index is 2.11. The topological polar surface area (TPSA) is 46.5 Å². The quantitative estimate of drug-likeness (QED) is 0.747. The summed E-state index contributed by atoms with van der Waals surface area (Å²) in [5.41, 5.74) is 1.13. The summed E-state index contributed by atoms with van der Waals surface area (Å²) in [5.74, 6) is 0.890. The summed E-state index contributed by atoms with van der Waals surface area (Å²) in [6.45, 7) is 11.1. The molecule has 1 saturated carbocycles. The number of rotatable bonds is 6. The zero-order valence-electron chi connectivity index (χ0n) is 14.3. The van der Waals surface area contributed by atoms with Gasteiger partial charge in [-0.3, -0.25) is 4.79 Å². The Kier molecular flexibility index (Phi) is 4.71. The van der Waals surface area contributed by atoms with Crippen molar-refractivity contribution in [3.63, 3.8) is 0 Å². The zero-order chi connectivity index (χ0) is 16.5. The molecule has 3 nitrogen and oxygen atoms in total. The number of hydrogen-bond acceptors (Lipinski definition) is 2. The van der Waals surface area contributed by atoms with Crippen LogP contribution in [0.1, 0.15) is 51.5 Å². The first kappa shape index (κ1) is 17.1. The van der Waals surface area contributed by atoms with Crippen molar-refractivity contribution < 1.29 is 14.3 Å². The Morgan fingerprint density at radius 1 is 1.27 bits per heavy atom. The van der Waals surface area contributed by atoms with Crippen molar-refractivity contribution in [1.82, 2.24) is 0 Å². The third-order valence-corrected chi connectivity index (χ3v) is 9.43. The van der Waals surface area contributed by atoms with Gasteiger partial charge in [-0.25, -0.2) is 0 Å². The summed E-state index contributed by atoms with van der Waals surface area (Å²) in [6, 6.07) is 8.11. The van der Waals surface area contributed by atoms with Gasteiger partial charge in [0.25, 0.3) is 0 Å². The van der Waals surface area contributed by atoms with Crippen molar-refractivity contribution in [2.75, 3.05) is 0 Å². The van der Waals surface area contributed by atoms with Crippen LogP contribution in [0.15, 0.2) is 24.3 Å². The summed E-state index contributed by atoms with van der Waals surface area (Å²) in [5, 5.41) is 9.27. The Hall–Kier alpha value is -1.29. The van der Waals surface area contributed by atoms with Crippen LogP contribution >= 0.6 is 0 Å². The van der Waals surface area contributed by atoms with Gasteiger partial charge in [-0.15, -0.1) is 0 Å². The van der Waals surface area contributed by atoms with E-state index in [-0.39, 0.29) is 17.4 Å². The average Bonchev–Trinajstić information content (AvgIpc) is 3.19. The molecule has 1 atom stereocenters. The molecular weight excluding hydrogens is 292 g/mol. The van der Waals surface area contributed by atoms with Crippen LogP contribution in [0.25, 0.3) is 0 Å². The van der Waals surface area contributed by atoms with Crippen molar-refractivity contribution in [2.24, 2.45) is 5.92 Å². The maximum absolute atomic E-state index is 11.1. The van der Waals surface area contributed by atoms with E-state index in [0.29, 0.717) is 5.92 Å². The molecule has 2 rings (SSSR count). The second-order valence-electron chi connectivity index (χ2n) is 7.97. The Bertz CT molecular complexity index is 524. The molecule has 1 unspecified atom stereocenters. The van der Waals surface area contributed by atoms with E-state index in [4.69, 9.17) is 9.53 Å². The normalized spacial score (nSPS) is 17.1. The average molecular weight is 321 g/mol. The number of benzene rings is 1. The van der Waals surface area contributed by atoms with Crippen LogP contribution in [0.2, 0.25) is 18.1 Å². The first-order valence-electron chi connectivity index (χ1n) is 8.11. The molecule has 1 aromatic carbocycles. The minimum atomic E-state index is -1.82. The molecule has 1 N–H and O–H groups in total. The maximum Gasteiger partial charge on any atom is 0.303 e. The molecule has 0 heterocycles. The molecule has 0 bridgehead atoms. The zero-order valence-corrected chi connectivity index (χ0v) is 15.3. The smallest absolute Gasteiger partial charge is 0.303 e. The SMILES string of the molecule is CC(C)(C)[Si](C)(C)Oc1ccc(C(CC(=O)O)C2CC2)cc1. The molecule has 0 spiro atoms. The summed E-state index contributed by atoms with van der Waals surface area (Å²) in [7, 11) is -1.82. The predicted octanol–water partition coefficient (Wildman–Crippen LogP) is 5.04. The van der Waals surface area contributed by atoms with E-state index >= 15 is 0 Å². The maximum atomic E-state index is 11.1. The second kappa shape index (κ2) is 6.07. The number of hydrogen-bond donors (Lipinski definition) is 1. The Morgan fingerprint density at radius 3 is 2.23 bits per heavy atom. The monoisotopic (exact) mass is 320 g/mol. The van der Waals surface area contributed by atoms with Gasteiger partial charge in [-0.1, -0.05) is 32.9 Å². The highest BCUT2D eigenvalue weighted by Gasteiger charge is 2.39. The van der Waals surface area contributed by atoms with Crippen LogP contribution in [0.3, 0.4) is 0 Å². The van der Waals surface area contributed by atoms with E-state index in [1.807, 2.05) is 12.1 Å². The fourth-order valence-corrected chi connectivity index (χ4v) is 3.51. The van der Waals surface area contributed by atoms with Crippen LogP contribution < -0.4 is 4.43 Å². The molecule has 4 heteroatoms.